The first kappa shape index (κ1) is 14.9. The molecule has 6 nitrogen and oxygen atoms in total. The molecule has 0 radical (unpaired) electrons. The summed E-state index contributed by atoms with van der Waals surface area (Å²) >= 11 is 0. The standard InChI is InChI=1S/C14H21N3O3S/c15-9-12-1-3-14(4-2-12)21(18,19)17-7-5-16(6-8-17)13-10-20-11-13/h1-4,13H,5-11,15H2. The van der Waals surface area contributed by atoms with Crippen LogP contribution in [0.2, 0.25) is 0 Å². The number of piperazine rings is 1. The van der Waals surface area contributed by atoms with Gasteiger partial charge in [-0.3, -0.25) is 4.90 Å². The molecule has 0 bridgehead atoms. The molecule has 1 aromatic carbocycles. The fourth-order valence-corrected chi connectivity index (χ4v) is 4.11. The van der Waals surface area contributed by atoms with E-state index in [1.807, 2.05) is 0 Å². The Kier molecular flexibility index (Phi) is 4.28. The van der Waals surface area contributed by atoms with Gasteiger partial charge in [0.1, 0.15) is 0 Å². The van der Waals surface area contributed by atoms with E-state index in [-0.39, 0.29) is 0 Å². The van der Waals surface area contributed by atoms with Crippen molar-refractivity contribution in [1.82, 2.24) is 9.21 Å². The van der Waals surface area contributed by atoms with Crippen LogP contribution in [0.1, 0.15) is 5.56 Å². The zero-order chi connectivity index (χ0) is 14.9. The van der Waals surface area contributed by atoms with Gasteiger partial charge >= 0.3 is 0 Å². The highest BCUT2D eigenvalue weighted by Gasteiger charge is 2.33. The largest absolute Gasteiger partial charge is 0.378 e. The zero-order valence-electron chi connectivity index (χ0n) is 11.9. The number of nitrogens with zero attached hydrogens (tertiary/aromatic N) is 2. The van der Waals surface area contributed by atoms with Crippen molar-refractivity contribution in [3.63, 3.8) is 0 Å². The van der Waals surface area contributed by atoms with Gasteiger partial charge in [0.15, 0.2) is 0 Å². The van der Waals surface area contributed by atoms with Gasteiger partial charge in [0.25, 0.3) is 0 Å². The maximum Gasteiger partial charge on any atom is 0.243 e. The van der Waals surface area contributed by atoms with Gasteiger partial charge in [-0.15, -0.1) is 0 Å². The van der Waals surface area contributed by atoms with Gasteiger partial charge in [-0.05, 0) is 17.7 Å². The van der Waals surface area contributed by atoms with Crippen molar-refractivity contribution in [3.05, 3.63) is 29.8 Å². The maximum absolute atomic E-state index is 12.6. The summed E-state index contributed by atoms with van der Waals surface area (Å²) in [7, 11) is -3.39. The summed E-state index contributed by atoms with van der Waals surface area (Å²) in [6.45, 7) is 4.58. The first-order chi connectivity index (χ1) is 10.1. The quantitative estimate of drug-likeness (QED) is 0.837. The van der Waals surface area contributed by atoms with Gasteiger partial charge in [-0.2, -0.15) is 4.31 Å². The summed E-state index contributed by atoms with van der Waals surface area (Å²) in [5.41, 5.74) is 6.47. The van der Waals surface area contributed by atoms with Crippen LogP contribution < -0.4 is 5.73 Å². The second-order valence-corrected chi connectivity index (χ2v) is 7.42. The number of hydrogen-bond donors (Lipinski definition) is 1. The van der Waals surface area contributed by atoms with E-state index >= 15 is 0 Å². The lowest BCUT2D eigenvalue weighted by atomic mass is 10.2. The Hall–Kier alpha value is -0.990. The third-order valence-corrected chi connectivity index (χ3v) is 6.12. The van der Waals surface area contributed by atoms with E-state index in [0.29, 0.717) is 30.6 Å². The molecular weight excluding hydrogens is 290 g/mol. The van der Waals surface area contributed by atoms with E-state index in [4.69, 9.17) is 10.5 Å². The van der Waals surface area contributed by atoms with Crippen molar-refractivity contribution in [2.75, 3.05) is 39.4 Å². The van der Waals surface area contributed by atoms with Gasteiger partial charge in [0.05, 0.1) is 24.2 Å². The maximum atomic E-state index is 12.6. The van der Waals surface area contributed by atoms with E-state index in [9.17, 15) is 8.42 Å². The van der Waals surface area contributed by atoms with Crippen LogP contribution in [0.4, 0.5) is 0 Å². The van der Waals surface area contributed by atoms with Gasteiger partial charge in [-0.25, -0.2) is 8.42 Å². The molecule has 7 heteroatoms. The molecule has 2 saturated heterocycles. The number of sulfonamides is 1. The SMILES string of the molecule is NCc1ccc(S(=O)(=O)N2CCN(C3COC3)CC2)cc1. The van der Waals surface area contributed by atoms with Crippen LogP contribution in [-0.2, 0) is 21.3 Å². The Balaban J connectivity index is 1.67. The topological polar surface area (TPSA) is 75.9 Å². The minimum atomic E-state index is -3.39. The lowest BCUT2D eigenvalue weighted by molar-refractivity contribution is -0.0721. The molecule has 0 spiro atoms. The first-order valence-corrected chi connectivity index (χ1v) is 8.66. The molecule has 21 heavy (non-hydrogen) atoms. The minimum Gasteiger partial charge on any atom is -0.378 e. The van der Waals surface area contributed by atoms with Crippen molar-refractivity contribution in [2.45, 2.75) is 17.5 Å². The van der Waals surface area contributed by atoms with Gasteiger partial charge < -0.3 is 10.5 Å². The Morgan fingerprint density at radius 2 is 1.71 bits per heavy atom. The lowest BCUT2D eigenvalue weighted by Gasteiger charge is -2.42. The summed E-state index contributed by atoms with van der Waals surface area (Å²) < 4.78 is 32.0. The van der Waals surface area contributed by atoms with Crippen LogP contribution in [0.15, 0.2) is 29.2 Å². The van der Waals surface area contributed by atoms with Crippen LogP contribution >= 0.6 is 0 Å². The van der Waals surface area contributed by atoms with Gasteiger partial charge in [0.2, 0.25) is 10.0 Å². The molecule has 1 aromatic rings. The van der Waals surface area contributed by atoms with Gasteiger partial charge in [0, 0.05) is 32.7 Å². The predicted octanol–water partition coefficient (Wildman–Crippen LogP) is -0.150. The average Bonchev–Trinajstić information content (AvgIpc) is 2.46. The van der Waals surface area contributed by atoms with E-state index in [2.05, 4.69) is 4.90 Å². The molecule has 116 valence electrons. The molecule has 2 aliphatic heterocycles. The van der Waals surface area contributed by atoms with Crippen LogP contribution in [0.5, 0.6) is 0 Å². The predicted molar refractivity (Wildman–Crippen MR) is 79.3 cm³/mol. The molecule has 2 fully saturated rings. The Morgan fingerprint density at radius 1 is 1.10 bits per heavy atom. The molecule has 0 unspecified atom stereocenters. The van der Waals surface area contributed by atoms with E-state index < -0.39 is 10.0 Å². The van der Waals surface area contributed by atoms with E-state index in [1.165, 1.54) is 0 Å². The minimum absolute atomic E-state index is 0.347. The smallest absolute Gasteiger partial charge is 0.243 e. The average molecular weight is 311 g/mol. The van der Waals surface area contributed by atoms with Crippen LogP contribution in [-0.4, -0.2) is 63.1 Å². The van der Waals surface area contributed by atoms with Crippen molar-refractivity contribution in [3.8, 4) is 0 Å². The molecule has 0 saturated carbocycles. The number of benzene rings is 1. The second kappa shape index (κ2) is 6.02. The summed E-state index contributed by atoms with van der Waals surface area (Å²) in [6, 6.07) is 7.30. The van der Waals surface area contributed by atoms with Crippen molar-refractivity contribution in [1.29, 1.82) is 0 Å². The molecule has 2 heterocycles. The number of hydrogen-bond acceptors (Lipinski definition) is 5. The van der Waals surface area contributed by atoms with Gasteiger partial charge in [-0.1, -0.05) is 12.1 Å². The Bertz CT molecular complexity index is 576. The molecule has 2 N–H and O–H groups in total. The summed E-state index contributed by atoms with van der Waals surface area (Å²) in [5, 5.41) is 0. The van der Waals surface area contributed by atoms with Crippen molar-refractivity contribution in [2.24, 2.45) is 5.73 Å². The van der Waals surface area contributed by atoms with Crippen LogP contribution in [0.25, 0.3) is 0 Å². The lowest BCUT2D eigenvalue weighted by Crippen LogP contribution is -2.57. The zero-order valence-corrected chi connectivity index (χ0v) is 12.8. The third kappa shape index (κ3) is 2.97. The molecule has 3 rings (SSSR count). The monoisotopic (exact) mass is 311 g/mol. The summed E-state index contributed by atoms with van der Waals surface area (Å²) in [6.07, 6.45) is 0. The van der Waals surface area contributed by atoms with Crippen LogP contribution in [0, 0.1) is 0 Å². The molecule has 0 atom stereocenters. The van der Waals surface area contributed by atoms with Crippen molar-refractivity contribution >= 4 is 10.0 Å². The molecular formula is C14H21N3O3S. The summed E-state index contributed by atoms with van der Waals surface area (Å²) in [5.74, 6) is 0. The Morgan fingerprint density at radius 3 is 2.19 bits per heavy atom. The van der Waals surface area contributed by atoms with Crippen molar-refractivity contribution < 1.29 is 13.2 Å². The highest BCUT2D eigenvalue weighted by Crippen LogP contribution is 2.20. The molecule has 2 aliphatic rings. The normalized spacial score (nSPS) is 22.1. The fraction of sp³-hybridized carbons (Fsp3) is 0.571. The molecule has 0 amide bonds. The first-order valence-electron chi connectivity index (χ1n) is 7.22. The summed E-state index contributed by atoms with van der Waals surface area (Å²) in [4.78, 5) is 2.66. The Labute approximate surface area is 125 Å². The highest BCUT2D eigenvalue weighted by atomic mass is 32.2. The molecule has 0 aromatic heterocycles. The molecule has 0 aliphatic carbocycles. The highest BCUT2D eigenvalue weighted by molar-refractivity contribution is 7.89. The van der Waals surface area contributed by atoms with Crippen LogP contribution in [0.3, 0.4) is 0 Å². The third-order valence-electron chi connectivity index (χ3n) is 4.21. The second-order valence-electron chi connectivity index (χ2n) is 5.48. The number of nitrogens with two attached hydrogens (primary N) is 1. The van der Waals surface area contributed by atoms with E-state index in [0.717, 1.165) is 31.9 Å². The fourth-order valence-electron chi connectivity index (χ4n) is 2.69. The number of ether oxygens (including phenoxy) is 1. The van der Waals surface area contributed by atoms with E-state index in [1.54, 1.807) is 28.6 Å². The number of rotatable bonds is 4.